The van der Waals surface area contributed by atoms with Gasteiger partial charge in [0.2, 0.25) is 5.91 Å². The Morgan fingerprint density at radius 2 is 1.70 bits per heavy atom. The molecule has 0 aliphatic heterocycles. The van der Waals surface area contributed by atoms with Crippen LogP contribution < -0.4 is 10.6 Å². The molecule has 0 aromatic heterocycles. The van der Waals surface area contributed by atoms with Crippen LogP contribution in [-0.4, -0.2) is 25.0 Å². The maximum atomic E-state index is 11.9. The van der Waals surface area contributed by atoms with Crippen LogP contribution in [0, 0.1) is 11.3 Å². The van der Waals surface area contributed by atoms with Gasteiger partial charge >= 0.3 is 0 Å². The highest BCUT2D eigenvalue weighted by atomic mass is 16.1. The minimum absolute atomic E-state index is 0.190. The van der Waals surface area contributed by atoms with E-state index in [0.29, 0.717) is 18.4 Å². The molecule has 1 fully saturated rings. The van der Waals surface area contributed by atoms with Crippen LogP contribution in [0.15, 0.2) is 0 Å². The number of carbonyl (C=O) groups excluding carboxylic acids is 1. The molecule has 0 bridgehead atoms. The topological polar surface area (TPSA) is 41.1 Å². The van der Waals surface area contributed by atoms with Crippen molar-refractivity contribution in [1.29, 1.82) is 0 Å². The number of carbonyl (C=O) groups is 1. The molecule has 0 spiro atoms. The summed E-state index contributed by atoms with van der Waals surface area (Å²) in [7, 11) is 0. The molecule has 2 N–H and O–H groups in total. The Morgan fingerprint density at radius 3 is 2.25 bits per heavy atom. The Labute approximate surface area is 125 Å². The van der Waals surface area contributed by atoms with Crippen LogP contribution in [0.25, 0.3) is 0 Å². The van der Waals surface area contributed by atoms with Gasteiger partial charge in [-0.05, 0) is 24.2 Å². The van der Waals surface area contributed by atoms with Crippen molar-refractivity contribution in [3.8, 4) is 0 Å². The third-order valence-corrected chi connectivity index (χ3v) is 4.71. The molecule has 20 heavy (non-hydrogen) atoms. The molecular weight excluding hydrogens is 248 g/mol. The van der Waals surface area contributed by atoms with Crippen molar-refractivity contribution >= 4 is 5.91 Å². The second-order valence-corrected chi connectivity index (χ2v) is 7.46. The molecule has 118 valence electrons. The summed E-state index contributed by atoms with van der Waals surface area (Å²) >= 11 is 0. The maximum Gasteiger partial charge on any atom is 0.220 e. The van der Waals surface area contributed by atoms with E-state index < -0.39 is 0 Å². The highest BCUT2D eigenvalue weighted by Crippen LogP contribution is 2.27. The lowest BCUT2D eigenvalue weighted by Gasteiger charge is -2.26. The van der Waals surface area contributed by atoms with Gasteiger partial charge in [-0.2, -0.15) is 0 Å². The van der Waals surface area contributed by atoms with Crippen molar-refractivity contribution in [1.82, 2.24) is 10.6 Å². The molecule has 1 aliphatic rings. The SMILES string of the molecule is CC(CC(=O)NCCNC1CCCCCC1)C(C)(C)C. The smallest absolute Gasteiger partial charge is 0.220 e. The van der Waals surface area contributed by atoms with E-state index in [1.54, 1.807) is 0 Å². The largest absolute Gasteiger partial charge is 0.355 e. The average molecular weight is 282 g/mol. The van der Waals surface area contributed by atoms with E-state index in [1.807, 2.05) is 0 Å². The zero-order valence-corrected chi connectivity index (χ0v) is 13.9. The van der Waals surface area contributed by atoms with Gasteiger partial charge in [-0.25, -0.2) is 0 Å². The first kappa shape index (κ1) is 17.5. The molecule has 0 aromatic rings. The summed E-state index contributed by atoms with van der Waals surface area (Å²) in [5.41, 5.74) is 0.204. The average Bonchev–Trinajstić information content (AvgIpc) is 2.62. The second kappa shape index (κ2) is 8.66. The molecule has 1 amide bonds. The molecule has 0 aromatic carbocycles. The Hall–Kier alpha value is -0.570. The van der Waals surface area contributed by atoms with Gasteiger partial charge in [0.05, 0.1) is 0 Å². The van der Waals surface area contributed by atoms with Gasteiger partial charge in [-0.1, -0.05) is 53.4 Å². The van der Waals surface area contributed by atoms with Crippen molar-refractivity contribution in [2.45, 2.75) is 78.7 Å². The van der Waals surface area contributed by atoms with Gasteiger partial charge in [0.15, 0.2) is 0 Å². The van der Waals surface area contributed by atoms with E-state index in [9.17, 15) is 4.79 Å². The number of rotatable bonds is 6. The zero-order valence-electron chi connectivity index (χ0n) is 13.9. The zero-order chi connectivity index (χ0) is 15.0. The summed E-state index contributed by atoms with van der Waals surface area (Å²) in [4.78, 5) is 11.9. The minimum atomic E-state index is 0.190. The van der Waals surface area contributed by atoms with E-state index in [0.717, 1.165) is 13.1 Å². The van der Waals surface area contributed by atoms with Gasteiger partial charge in [-0.15, -0.1) is 0 Å². The predicted octanol–water partition coefficient (Wildman–Crippen LogP) is 3.49. The molecule has 1 unspecified atom stereocenters. The molecule has 1 aliphatic carbocycles. The van der Waals surface area contributed by atoms with E-state index in [-0.39, 0.29) is 11.3 Å². The summed E-state index contributed by atoms with van der Waals surface area (Å²) in [6, 6.07) is 0.669. The Kier molecular flexibility index (Phi) is 7.57. The summed E-state index contributed by atoms with van der Waals surface area (Å²) in [6.45, 7) is 10.4. The van der Waals surface area contributed by atoms with Gasteiger partial charge in [-0.3, -0.25) is 4.79 Å². The first-order chi connectivity index (χ1) is 9.39. The van der Waals surface area contributed by atoms with Crippen LogP contribution >= 0.6 is 0 Å². The lowest BCUT2D eigenvalue weighted by atomic mass is 9.80. The van der Waals surface area contributed by atoms with E-state index >= 15 is 0 Å². The van der Waals surface area contributed by atoms with E-state index in [1.165, 1.54) is 38.5 Å². The first-order valence-corrected chi connectivity index (χ1v) is 8.39. The normalized spacial score (nSPS) is 19.4. The fourth-order valence-electron chi connectivity index (χ4n) is 2.62. The lowest BCUT2D eigenvalue weighted by molar-refractivity contribution is -0.122. The van der Waals surface area contributed by atoms with Crippen molar-refractivity contribution in [2.24, 2.45) is 11.3 Å². The highest BCUT2D eigenvalue weighted by Gasteiger charge is 2.22. The third kappa shape index (κ3) is 7.28. The molecule has 1 rings (SSSR count). The molecule has 0 radical (unpaired) electrons. The Balaban J connectivity index is 2.09. The number of amides is 1. The second-order valence-electron chi connectivity index (χ2n) is 7.46. The van der Waals surface area contributed by atoms with Gasteiger partial charge in [0, 0.05) is 25.6 Å². The molecule has 1 saturated carbocycles. The maximum absolute atomic E-state index is 11.9. The molecule has 3 nitrogen and oxygen atoms in total. The van der Waals surface area contributed by atoms with E-state index in [4.69, 9.17) is 0 Å². The molecule has 1 atom stereocenters. The molecular formula is C17H34N2O. The van der Waals surface area contributed by atoms with Crippen LogP contribution in [0.2, 0.25) is 0 Å². The van der Waals surface area contributed by atoms with Gasteiger partial charge in [0.25, 0.3) is 0 Å². The third-order valence-electron chi connectivity index (χ3n) is 4.71. The fraction of sp³-hybridized carbons (Fsp3) is 0.941. The van der Waals surface area contributed by atoms with Crippen LogP contribution in [0.5, 0.6) is 0 Å². The van der Waals surface area contributed by atoms with Crippen molar-refractivity contribution in [3.05, 3.63) is 0 Å². The predicted molar refractivity (Wildman–Crippen MR) is 85.7 cm³/mol. The fourth-order valence-corrected chi connectivity index (χ4v) is 2.62. The monoisotopic (exact) mass is 282 g/mol. The summed E-state index contributed by atoms with van der Waals surface area (Å²) < 4.78 is 0. The van der Waals surface area contributed by atoms with Crippen molar-refractivity contribution in [2.75, 3.05) is 13.1 Å². The van der Waals surface area contributed by atoms with Crippen molar-refractivity contribution < 1.29 is 4.79 Å². The number of nitrogens with one attached hydrogen (secondary N) is 2. The Bertz CT molecular complexity index is 275. The highest BCUT2D eigenvalue weighted by molar-refractivity contribution is 5.76. The Morgan fingerprint density at radius 1 is 1.10 bits per heavy atom. The minimum Gasteiger partial charge on any atom is -0.355 e. The van der Waals surface area contributed by atoms with Gasteiger partial charge < -0.3 is 10.6 Å². The van der Waals surface area contributed by atoms with Crippen molar-refractivity contribution in [3.63, 3.8) is 0 Å². The van der Waals surface area contributed by atoms with Gasteiger partial charge in [0.1, 0.15) is 0 Å². The summed E-state index contributed by atoms with van der Waals surface area (Å²) in [6.07, 6.45) is 8.72. The molecule has 3 heteroatoms. The quantitative estimate of drug-likeness (QED) is 0.578. The van der Waals surface area contributed by atoms with Crippen LogP contribution in [0.3, 0.4) is 0 Å². The number of hydrogen-bond acceptors (Lipinski definition) is 2. The van der Waals surface area contributed by atoms with Crippen LogP contribution in [0.4, 0.5) is 0 Å². The first-order valence-electron chi connectivity index (χ1n) is 8.39. The van der Waals surface area contributed by atoms with Crippen LogP contribution in [-0.2, 0) is 4.79 Å². The molecule has 0 heterocycles. The lowest BCUT2D eigenvalue weighted by Crippen LogP contribution is -2.37. The van der Waals surface area contributed by atoms with E-state index in [2.05, 4.69) is 38.3 Å². The summed E-state index contributed by atoms with van der Waals surface area (Å²) in [5, 5.41) is 6.63. The van der Waals surface area contributed by atoms with Crippen LogP contribution in [0.1, 0.15) is 72.6 Å². The molecule has 0 saturated heterocycles. The standard InChI is InChI=1S/C17H34N2O/c1-14(17(2,3)4)13-16(20)19-12-11-18-15-9-7-5-6-8-10-15/h14-15,18H,5-13H2,1-4H3,(H,19,20). The number of hydrogen-bond donors (Lipinski definition) is 2. The summed E-state index contributed by atoms with van der Waals surface area (Å²) in [5.74, 6) is 0.604.